The van der Waals surface area contributed by atoms with Gasteiger partial charge in [-0.3, -0.25) is 0 Å². The van der Waals surface area contributed by atoms with Gasteiger partial charge in [-0.1, -0.05) is 17.7 Å². The Hall–Kier alpha value is -0.960. The minimum atomic E-state index is -3.53. The van der Waals surface area contributed by atoms with Crippen molar-refractivity contribution in [2.24, 2.45) is 0 Å². The van der Waals surface area contributed by atoms with Crippen molar-refractivity contribution in [3.8, 4) is 0 Å². The molecule has 124 valence electrons. The van der Waals surface area contributed by atoms with Gasteiger partial charge in [0, 0.05) is 19.6 Å². The average Bonchev–Trinajstić information content (AvgIpc) is 2.45. The lowest BCUT2D eigenvalue weighted by atomic mass is 10.2. The van der Waals surface area contributed by atoms with Crippen LogP contribution in [0.4, 0.5) is 0 Å². The molecule has 1 N–H and O–H groups in total. The molecule has 1 aromatic carbocycles. The zero-order valence-electron chi connectivity index (χ0n) is 12.7. The van der Waals surface area contributed by atoms with Crippen LogP contribution in [0.15, 0.2) is 29.2 Å². The first-order chi connectivity index (χ1) is 10.3. The number of nitrogens with zero attached hydrogens (tertiary/aromatic N) is 1. The van der Waals surface area contributed by atoms with Crippen molar-refractivity contribution in [2.75, 3.05) is 25.4 Å². The minimum absolute atomic E-state index is 0.197. The highest BCUT2D eigenvalue weighted by molar-refractivity contribution is 7.89. The maximum absolute atomic E-state index is 12.1. The third kappa shape index (κ3) is 4.52. The lowest BCUT2D eigenvalue weighted by molar-refractivity contribution is 0.378. The standard InChI is InChI=1S/C14H22N2O4S2/c1-13-5-7-14(8-6-13)22(19,20)15-9-4-11-16-10-2-3-12-21(16,17)18/h5-8,15H,2-4,9-12H2,1H3. The summed E-state index contributed by atoms with van der Waals surface area (Å²) < 4.78 is 51.8. The molecule has 0 atom stereocenters. The number of benzene rings is 1. The van der Waals surface area contributed by atoms with Crippen LogP contribution in [0.2, 0.25) is 0 Å². The van der Waals surface area contributed by atoms with Crippen LogP contribution in [0.25, 0.3) is 0 Å². The molecule has 1 aliphatic rings. The molecular weight excluding hydrogens is 324 g/mol. The van der Waals surface area contributed by atoms with Gasteiger partial charge in [-0.05, 0) is 38.3 Å². The van der Waals surface area contributed by atoms with E-state index < -0.39 is 20.0 Å². The van der Waals surface area contributed by atoms with Crippen molar-refractivity contribution < 1.29 is 16.8 Å². The van der Waals surface area contributed by atoms with Gasteiger partial charge in [0.05, 0.1) is 10.6 Å². The SMILES string of the molecule is Cc1ccc(S(=O)(=O)NCCCN2CCCCS2(=O)=O)cc1. The van der Waals surface area contributed by atoms with Gasteiger partial charge in [-0.15, -0.1) is 0 Å². The maximum Gasteiger partial charge on any atom is 0.240 e. The van der Waals surface area contributed by atoms with Crippen LogP contribution in [-0.2, 0) is 20.0 Å². The molecule has 0 spiro atoms. The number of hydrogen-bond donors (Lipinski definition) is 1. The first-order valence-corrected chi connectivity index (χ1v) is 10.4. The smallest absolute Gasteiger partial charge is 0.212 e. The van der Waals surface area contributed by atoms with Gasteiger partial charge in [0.25, 0.3) is 0 Å². The highest BCUT2D eigenvalue weighted by Crippen LogP contribution is 2.14. The first kappa shape index (κ1) is 17.4. The Morgan fingerprint density at radius 1 is 1.18 bits per heavy atom. The Labute approximate surface area is 132 Å². The third-order valence-electron chi connectivity index (χ3n) is 3.66. The van der Waals surface area contributed by atoms with E-state index in [4.69, 9.17) is 0 Å². The monoisotopic (exact) mass is 346 g/mol. The largest absolute Gasteiger partial charge is 0.240 e. The molecule has 1 fully saturated rings. The summed E-state index contributed by atoms with van der Waals surface area (Å²) in [5, 5.41) is 0. The number of aryl methyl sites for hydroxylation is 1. The molecule has 22 heavy (non-hydrogen) atoms. The lowest BCUT2D eigenvalue weighted by Crippen LogP contribution is -2.39. The Bertz CT molecular complexity index is 697. The first-order valence-electron chi connectivity index (χ1n) is 7.35. The van der Waals surface area contributed by atoms with Gasteiger partial charge >= 0.3 is 0 Å². The molecule has 8 heteroatoms. The number of rotatable bonds is 6. The van der Waals surface area contributed by atoms with E-state index in [0.29, 0.717) is 25.9 Å². The van der Waals surface area contributed by atoms with E-state index in [1.807, 2.05) is 6.92 Å². The average molecular weight is 346 g/mol. The van der Waals surface area contributed by atoms with Gasteiger partial charge in [0.2, 0.25) is 20.0 Å². The summed E-state index contributed by atoms with van der Waals surface area (Å²) in [7, 11) is -6.67. The molecule has 0 amide bonds. The minimum Gasteiger partial charge on any atom is -0.212 e. The van der Waals surface area contributed by atoms with E-state index in [2.05, 4.69) is 4.72 Å². The van der Waals surface area contributed by atoms with Crippen molar-refractivity contribution in [2.45, 2.75) is 31.1 Å². The molecule has 0 radical (unpaired) electrons. The second kappa shape index (κ2) is 7.08. The maximum atomic E-state index is 12.1. The van der Waals surface area contributed by atoms with Gasteiger partial charge in [-0.25, -0.2) is 25.9 Å². The number of hydrogen-bond acceptors (Lipinski definition) is 4. The lowest BCUT2D eigenvalue weighted by Gasteiger charge is -2.26. The second-order valence-electron chi connectivity index (χ2n) is 5.49. The normalized spacial score (nSPS) is 19.1. The molecule has 0 aromatic heterocycles. The predicted molar refractivity (Wildman–Crippen MR) is 85.6 cm³/mol. The molecule has 0 aliphatic carbocycles. The summed E-state index contributed by atoms with van der Waals surface area (Å²) in [4.78, 5) is 0.226. The summed E-state index contributed by atoms with van der Waals surface area (Å²) in [5.41, 5.74) is 0.995. The van der Waals surface area contributed by atoms with Crippen LogP contribution in [-0.4, -0.2) is 46.5 Å². The van der Waals surface area contributed by atoms with E-state index >= 15 is 0 Å². The van der Waals surface area contributed by atoms with E-state index in [1.54, 1.807) is 24.3 Å². The third-order valence-corrected chi connectivity index (χ3v) is 7.09. The van der Waals surface area contributed by atoms with Crippen LogP contribution in [0.3, 0.4) is 0 Å². The predicted octanol–water partition coefficient (Wildman–Crippen LogP) is 1.09. The van der Waals surface area contributed by atoms with Gasteiger partial charge in [0.1, 0.15) is 0 Å². The summed E-state index contributed by atoms with van der Waals surface area (Å²) in [6, 6.07) is 6.61. The fourth-order valence-electron chi connectivity index (χ4n) is 2.35. The van der Waals surface area contributed by atoms with Crippen molar-refractivity contribution in [3.05, 3.63) is 29.8 Å². The van der Waals surface area contributed by atoms with Crippen molar-refractivity contribution in [3.63, 3.8) is 0 Å². The topological polar surface area (TPSA) is 83.6 Å². The molecule has 2 rings (SSSR count). The molecule has 1 aliphatic heterocycles. The summed E-state index contributed by atoms with van der Waals surface area (Å²) in [6.45, 7) is 3.01. The van der Waals surface area contributed by atoms with E-state index in [0.717, 1.165) is 12.0 Å². The highest BCUT2D eigenvalue weighted by Gasteiger charge is 2.25. The van der Waals surface area contributed by atoms with Crippen LogP contribution < -0.4 is 4.72 Å². The van der Waals surface area contributed by atoms with Crippen LogP contribution in [0.1, 0.15) is 24.8 Å². The van der Waals surface area contributed by atoms with E-state index in [1.165, 1.54) is 4.31 Å². The molecule has 0 saturated carbocycles. The molecule has 0 bridgehead atoms. The zero-order valence-corrected chi connectivity index (χ0v) is 14.3. The van der Waals surface area contributed by atoms with Crippen molar-refractivity contribution in [1.29, 1.82) is 0 Å². The molecule has 6 nitrogen and oxygen atoms in total. The molecule has 1 saturated heterocycles. The summed E-state index contributed by atoms with van der Waals surface area (Å²) in [6.07, 6.45) is 2.04. The highest BCUT2D eigenvalue weighted by atomic mass is 32.2. The fourth-order valence-corrected chi connectivity index (χ4v) is 5.07. The summed E-state index contributed by atoms with van der Waals surface area (Å²) in [5.74, 6) is 0.197. The second-order valence-corrected chi connectivity index (χ2v) is 9.34. The van der Waals surface area contributed by atoms with Crippen molar-refractivity contribution in [1.82, 2.24) is 9.03 Å². The van der Waals surface area contributed by atoms with Crippen LogP contribution in [0.5, 0.6) is 0 Å². The van der Waals surface area contributed by atoms with Gasteiger partial charge in [-0.2, -0.15) is 0 Å². The van der Waals surface area contributed by atoms with Crippen LogP contribution in [0, 0.1) is 6.92 Å². The summed E-state index contributed by atoms with van der Waals surface area (Å²) >= 11 is 0. The Morgan fingerprint density at radius 3 is 2.50 bits per heavy atom. The Balaban J connectivity index is 1.84. The molecule has 1 heterocycles. The van der Waals surface area contributed by atoms with Crippen LogP contribution >= 0.6 is 0 Å². The van der Waals surface area contributed by atoms with E-state index in [9.17, 15) is 16.8 Å². The number of nitrogens with one attached hydrogen (secondary N) is 1. The fraction of sp³-hybridized carbons (Fsp3) is 0.571. The van der Waals surface area contributed by atoms with E-state index in [-0.39, 0.29) is 17.2 Å². The quantitative estimate of drug-likeness (QED) is 0.782. The van der Waals surface area contributed by atoms with Gasteiger partial charge in [0.15, 0.2) is 0 Å². The molecule has 1 aromatic rings. The molecular formula is C14H22N2O4S2. The zero-order chi connectivity index (χ0) is 16.2. The Kier molecular flexibility index (Phi) is 5.60. The molecule has 0 unspecified atom stereocenters. The Morgan fingerprint density at radius 2 is 1.86 bits per heavy atom. The number of sulfonamides is 2. The van der Waals surface area contributed by atoms with Gasteiger partial charge < -0.3 is 0 Å². The van der Waals surface area contributed by atoms with Crippen molar-refractivity contribution >= 4 is 20.0 Å².